The van der Waals surface area contributed by atoms with Crippen LogP contribution >= 0.6 is 11.3 Å². The molecule has 1 aromatic heterocycles. The first-order valence-corrected chi connectivity index (χ1v) is 9.38. The average Bonchev–Trinajstić information content (AvgIpc) is 2.88. The number of nitrogens with one attached hydrogen (secondary N) is 2. The van der Waals surface area contributed by atoms with E-state index in [-0.39, 0.29) is 5.75 Å². The van der Waals surface area contributed by atoms with E-state index in [9.17, 15) is 8.42 Å². The van der Waals surface area contributed by atoms with Crippen LogP contribution in [-0.4, -0.2) is 14.5 Å². The molecule has 0 spiro atoms. The Morgan fingerprint density at radius 1 is 1.19 bits per heavy atom. The molecule has 0 aliphatic rings. The standard InChI is InChI=1S/C15H20N2O2S2/c1-12(2)16-9-13-4-3-5-14(8-13)11-21(18,19)17-15-6-7-20-10-15/h3-8,10,12,16-17H,9,11H2,1-2H3. The Hall–Kier alpha value is -1.37. The van der Waals surface area contributed by atoms with Crippen LogP contribution < -0.4 is 10.0 Å². The Balaban J connectivity index is 2.03. The van der Waals surface area contributed by atoms with E-state index in [2.05, 4.69) is 23.9 Å². The molecule has 114 valence electrons. The first kappa shape index (κ1) is 16.0. The van der Waals surface area contributed by atoms with Gasteiger partial charge in [0.1, 0.15) is 0 Å². The van der Waals surface area contributed by atoms with E-state index in [1.807, 2.05) is 29.6 Å². The maximum absolute atomic E-state index is 12.1. The van der Waals surface area contributed by atoms with Gasteiger partial charge in [0.25, 0.3) is 0 Å². The minimum atomic E-state index is -3.37. The minimum Gasteiger partial charge on any atom is -0.310 e. The van der Waals surface area contributed by atoms with Gasteiger partial charge in [0.15, 0.2) is 0 Å². The van der Waals surface area contributed by atoms with Crippen molar-refractivity contribution in [2.24, 2.45) is 0 Å². The van der Waals surface area contributed by atoms with Crippen molar-refractivity contribution in [2.45, 2.75) is 32.2 Å². The van der Waals surface area contributed by atoms with Crippen LogP contribution in [0.4, 0.5) is 5.69 Å². The molecular weight excluding hydrogens is 304 g/mol. The first-order chi connectivity index (χ1) is 9.94. The lowest BCUT2D eigenvalue weighted by Crippen LogP contribution is -2.22. The first-order valence-electron chi connectivity index (χ1n) is 6.78. The van der Waals surface area contributed by atoms with Gasteiger partial charge in [-0.2, -0.15) is 11.3 Å². The number of hydrogen-bond acceptors (Lipinski definition) is 4. The molecule has 6 heteroatoms. The molecule has 0 bridgehead atoms. The second-order valence-corrected chi connectivity index (χ2v) is 7.73. The number of anilines is 1. The third kappa shape index (κ3) is 5.49. The van der Waals surface area contributed by atoms with E-state index in [1.165, 1.54) is 11.3 Å². The van der Waals surface area contributed by atoms with Crippen LogP contribution in [0.2, 0.25) is 0 Å². The summed E-state index contributed by atoms with van der Waals surface area (Å²) in [7, 11) is -3.37. The molecule has 1 heterocycles. The van der Waals surface area contributed by atoms with Gasteiger partial charge in [-0.1, -0.05) is 38.1 Å². The fraction of sp³-hybridized carbons (Fsp3) is 0.333. The molecule has 0 aliphatic heterocycles. The molecule has 1 aromatic carbocycles. The molecule has 0 aliphatic carbocycles. The van der Waals surface area contributed by atoms with Gasteiger partial charge in [-0.05, 0) is 22.6 Å². The van der Waals surface area contributed by atoms with Crippen LogP contribution in [0.25, 0.3) is 0 Å². The molecular formula is C15H20N2O2S2. The highest BCUT2D eigenvalue weighted by Crippen LogP contribution is 2.16. The summed E-state index contributed by atoms with van der Waals surface area (Å²) < 4.78 is 26.8. The summed E-state index contributed by atoms with van der Waals surface area (Å²) in [5.74, 6) is -0.0155. The molecule has 0 fully saturated rings. The Morgan fingerprint density at radius 2 is 1.95 bits per heavy atom. The highest BCUT2D eigenvalue weighted by Gasteiger charge is 2.12. The molecule has 0 radical (unpaired) electrons. The topological polar surface area (TPSA) is 58.2 Å². The smallest absolute Gasteiger partial charge is 0.236 e. The number of sulfonamides is 1. The zero-order valence-electron chi connectivity index (χ0n) is 12.2. The van der Waals surface area contributed by atoms with Gasteiger partial charge >= 0.3 is 0 Å². The van der Waals surface area contributed by atoms with E-state index in [0.717, 1.165) is 17.7 Å². The predicted molar refractivity (Wildman–Crippen MR) is 89.0 cm³/mol. The van der Waals surface area contributed by atoms with Crippen molar-refractivity contribution < 1.29 is 8.42 Å². The number of hydrogen-bond donors (Lipinski definition) is 2. The van der Waals surface area contributed by atoms with Crippen molar-refractivity contribution in [3.05, 3.63) is 52.2 Å². The van der Waals surface area contributed by atoms with Crippen LogP contribution in [0.1, 0.15) is 25.0 Å². The van der Waals surface area contributed by atoms with Crippen LogP contribution in [-0.2, 0) is 22.3 Å². The number of thiophene rings is 1. The maximum Gasteiger partial charge on any atom is 0.236 e. The Kier molecular flexibility index (Phi) is 5.39. The van der Waals surface area contributed by atoms with Crippen molar-refractivity contribution in [1.29, 1.82) is 0 Å². The van der Waals surface area contributed by atoms with Crippen molar-refractivity contribution in [3.63, 3.8) is 0 Å². The third-order valence-electron chi connectivity index (χ3n) is 2.86. The number of rotatable bonds is 7. The zero-order chi connectivity index (χ0) is 15.3. The van der Waals surface area contributed by atoms with Crippen molar-refractivity contribution in [2.75, 3.05) is 4.72 Å². The van der Waals surface area contributed by atoms with E-state index >= 15 is 0 Å². The van der Waals surface area contributed by atoms with Gasteiger partial charge in [-0.15, -0.1) is 0 Å². The van der Waals surface area contributed by atoms with Crippen LogP contribution in [0, 0.1) is 0 Å². The molecule has 0 saturated heterocycles. The molecule has 2 rings (SSSR count). The normalized spacial score (nSPS) is 11.8. The molecule has 4 nitrogen and oxygen atoms in total. The molecule has 0 atom stereocenters. The summed E-state index contributed by atoms with van der Waals surface area (Å²) in [6.45, 7) is 4.90. The van der Waals surface area contributed by atoms with Crippen molar-refractivity contribution in [3.8, 4) is 0 Å². The van der Waals surface area contributed by atoms with E-state index in [4.69, 9.17) is 0 Å². The third-order valence-corrected chi connectivity index (χ3v) is 4.80. The van der Waals surface area contributed by atoms with Gasteiger partial charge in [0, 0.05) is 18.0 Å². The highest BCUT2D eigenvalue weighted by molar-refractivity contribution is 7.91. The van der Waals surface area contributed by atoms with Crippen LogP contribution in [0.3, 0.4) is 0 Å². The van der Waals surface area contributed by atoms with E-state index in [0.29, 0.717) is 11.7 Å². The summed E-state index contributed by atoms with van der Waals surface area (Å²) in [6, 6.07) is 9.82. The van der Waals surface area contributed by atoms with Crippen molar-refractivity contribution >= 4 is 27.0 Å². The Morgan fingerprint density at radius 3 is 2.62 bits per heavy atom. The summed E-state index contributed by atoms with van der Waals surface area (Å²) in [6.07, 6.45) is 0. The fourth-order valence-corrected chi connectivity index (χ4v) is 3.75. The molecule has 0 unspecified atom stereocenters. The summed E-state index contributed by atoms with van der Waals surface area (Å²) >= 11 is 1.46. The van der Waals surface area contributed by atoms with Gasteiger partial charge in [0.2, 0.25) is 10.0 Å². The van der Waals surface area contributed by atoms with Gasteiger partial charge in [0.05, 0.1) is 11.4 Å². The second-order valence-electron chi connectivity index (χ2n) is 5.23. The van der Waals surface area contributed by atoms with Gasteiger partial charge in [-0.3, -0.25) is 4.72 Å². The quantitative estimate of drug-likeness (QED) is 0.822. The largest absolute Gasteiger partial charge is 0.310 e. The highest BCUT2D eigenvalue weighted by atomic mass is 32.2. The zero-order valence-corrected chi connectivity index (χ0v) is 13.8. The Labute approximate surface area is 130 Å². The lowest BCUT2D eigenvalue weighted by molar-refractivity contribution is 0.588. The minimum absolute atomic E-state index is 0.0155. The predicted octanol–water partition coefficient (Wildman–Crippen LogP) is 3.19. The maximum atomic E-state index is 12.1. The number of benzene rings is 1. The lowest BCUT2D eigenvalue weighted by Gasteiger charge is -2.10. The molecule has 0 saturated carbocycles. The van der Waals surface area contributed by atoms with Gasteiger partial charge < -0.3 is 5.32 Å². The summed E-state index contributed by atoms with van der Waals surface area (Å²) in [5, 5.41) is 6.95. The van der Waals surface area contributed by atoms with E-state index in [1.54, 1.807) is 11.4 Å². The van der Waals surface area contributed by atoms with E-state index < -0.39 is 10.0 Å². The monoisotopic (exact) mass is 324 g/mol. The molecule has 2 N–H and O–H groups in total. The molecule has 21 heavy (non-hydrogen) atoms. The molecule has 2 aromatic rings. The van der Waals surface area contributed by atoms with Crippen LogP contribution in [0.15, 0.2) is 41.1 Å². The molecule has 0 amide bonds. The lowest BCUT2D eigenvalue weighted by atomic mass is 10.1. The fourth-order valence-electron chi connectivity index (χ4n) is 1.91. The summed E-state index contributed by atoms with van der Waals surface area (Å²) in [5.41, 5.74) is 2.50. The van der Waals surface area contributed by atoms with Crippen molar-refractivity contribution in [1.82, 2.24) is 5.32 Å². The SMILES string of the molecule is CC(C)NCc1cccc(CS(=O)(=O)Nc2ccsc2)c1. The second kappa shape index (κ2) is 7.06. The van der Waals surface area contributed by atoms with Crippen LogP contribution in [0.5, 0.6) is 0 Å². The Bertz CT molecular complexity index is 665. The summed E-state index contributed by atoms with van der Waals surface area (Å²) in [4.78, 5) is 0. The average molecular weight is 324 g/mol. The van der Waals surface area contributed by atoms with Gasteiger partial charge in [-0.25, -0.2) is 8.42 Å².